The predicted octanol–water partition coefficient (Wildman–Crippen LogP) is 2.85. The van der Waals surface area contributed by atoms with Gasteiger partial charge in [0.05, 0.1) is 23.0 Å². The van der Waals surface area contributed by atoms with Gasteiger partial charge in [-0.1, -0.05) is 24.6 Å². The van der Waals surface area contributed by atoms with E-state index in [1.165, 1.54) is 12.1 Å². The standard InChI is InChI=1S/C14H16ClFN2O2/c1-3-11-14(15)12(18(2)17-11)8-20-13-5-4-9(7-19)6-10(13)16/h4-6,19H,3,7-8H2,1-2H3. The van der Waals surface area contributed by atoms with Crippen LogP contribution >= 0.6 is 11.6 Å². The van der Waals surface area contributed by atoms with E-state index in [4.69, 9.17) is 21.4 Å². The molecule has 0 saturated carbocycles. The summed E-state index contributed by atoms with van der Waals surface area (Å²) in [6.45, 7) is 1.90. The van der Waals surface area contributed by atoms with Crippen LogP contribution in [-0.2, 0) is 26.7 Å². The molecule has 6 heteroatoms. The molecule has 0 radical (unpaired) electrons. The molecule has 0 bridgehead atoms. The fourth-order valence-electron chi connectivity index (χ4n) is 1.88. The lowest BCUT2D eigenvalue weighted by Crippen LogP contribution is -2.04. The number of aromatic nitrogens is 2. The minimum Gasteiger partial charge on any atom is -0.484 e. The zero-order chi connectivity index (χ0) is 14.7. The summed E-state index contributed by atoms with van der Waals surface area (Å²) >= 11 is 6.19. The molecule has 1 N–H and O–H groups in total. The van der Waals surface area contributed by atoms with Crippen molar-refractivity contribution in [2.75, 3.05) is 0 Å². The number of benzene rings is 1. The highest BCUT2D eigenvalue weighted by atomic mass is 35.5. The van der Waals surface area contributed by atoms with Gasteiger partial charge < -0.3 is 9.84 Å². The van der Waals surface area contributed by atoms with Gasteiger partial charge in [0, 0.05) is 7.05 Å². The van der Waals surface area contributed by atoms with Crippen LogP contribution in [0.4, 0.5) is 4.39 Å². The molecule has 0 spiro atoms. The molecule has 20 heavy (non-hydrogen) atoms. The first-order chi connectivity index (χ1) is 9.56. The van der Waals surface area contributed by atoms with Crippen molar-refractivity contribution in [1.82, 2.24) is 9.78 Å². The highest BCUT2D eigenvalue weighted by Gasteiger charge is 2.14. The number of aliphatic hydroxyl groups is 1. The molecule has 0 atom stereocenters. The minimum absolute atomic E-state index is 0.123. The zero-order valence-corrected chi connectivity index (χ0v) is 12.1. The van der Waals surface area contributed by atoms with Gasteiger partial charge >= 0.3 is 0 Å². The molecular formula is C14H16ClFN2O2. The van der Waals surface area contributed by atoms with Crippen LogP contribution in [0.25, 0.3) is 0 Å². The fraction of sp³-hybridized carbons (Fsp3) is 0.357. The average molecular weight is 299 g/mol. The van der Waals surface area contributed by atoms with Gasteiger partial charge in [0.1, 0.15) is 6.61 Å². The van der Waals surface area contributed by atoms with Gasteiger partial charge in [0.15, 0.2) is 11.6 Å². The molecule has 0 aliphatic rings. The van der Waals surface area contributed by atoms with Crippen molar-refractivity contribution >= 4 is 11.6 Å². The Kier molecular flexibility index (Phi) is 4.62. The summed E-state index contributed by atoms with van der Waals surface area (Å²) in [5.74, 6) is -0.386. The average Bonchev–Trinajstić information content (AvgIpc) is 2.72. The van der Waals surface area contributed by atoms with Gasteiger partial charge in [-0.25, -0.2) is 4.39 Å². The highest BCUT2D eigenvalue weighted by Crippen LogP contribution is 2.24. The number of ether oxygens (including phenoxy) is 1. The summed E-state index contributed by atoms with van der Waals surface area (Å²) in [6.07, 6.45) is 0.728. The maximum atomic E-state index is 13.7. The first-order valence-corrected chi connectivity index (χ1v) is 6.67. The van der Waals surface area contributed by atoms with E-state index in [9.17, 15) is 4.39 Å². The largest absolute Gasteiger partial charge is 0.484 e. The molecule has 0 aliphatic carbocycles. The molecule has 0 unspecified atom stereocenters. The van der Waals surface area contributed by atoms with E-state index in [1.807, 2.05) is 6.92 Å². The van der Waals surface area contributed by atoms with Gasteiger partial charge in [-0.05, 0) is 24.1 Å². The summed E-state index contributed by atoms with van der Waals surface area (Å²) in [5.41, 5.74) is 2.00. The molecule has 0 fully saturated rings. The normalized spacial score (nSPS) is 10.8. The number of nitrogens with zero attached hydrogens (tertiary/aromatic N) is 2. The van der Waals surface area contributed by atoms with Crippen LogP contribution in [0.2, 0.25) is 5.02 Å². The topological polar surface area (TPSA) is 47.3 Å². The van der Waals surface area contributed by atoms with Crippen LogP contribution in [-0.4, -0.2) is 14.9 Å². The third-order valence-corrected chi connectivity index (χ3v) is 3.48. The van der Waals surface area contributed by atoms with Crippen LogP contribution < -0.4 is 4.74 Å². The molecule has 1 heterocycles. The molecule has 0 saturated heterocycles. The first kappa shape index (κ1) is 14.8. The summed E-state index contributed by atoms with van der Waals surface area (Å²) in [4.78, 5) is 0. The number of hydrogen-bond donors (Lipinski definition) is 1. The highest BCUT2D eigenvalue weighted by molar-refractivity contribution is 6.31. The third-order valence-electron chi connectivity index (χ3n) is 3.05. The maximum absolute atomic E-state index is 13.7. The number of aliphatic hydroxyl groups excluding tert-OH is 1. The van der Waals surface area contributed by atoms with Crippen LogP contribution in [0, 0.1) is 5.82 Å². The molecule has 0 amide bonds. The van der Waals surface area contributed by atoms with E-state index in [2.05, 4.69) is 5.10 Å². The Morgan fingerprint density at radius 3 is 2.75 bits per heavy atom. The van der Waals surface area contributed by atoms with E-state index in [-0.39, 0.29) is 19.0 Å². The first-order valence-electron chi connectivity index (χ1n) is 6.29. The second-order valence-electron chi connectivity index (χ2n) is 4.40. The Balaban J connectivity index is 2.15. The molecule has 4 nitrogen and oxygen atoms in total. The lowest BCUT2D eigenvalue weighted by Gasteiger charge is -2.08. The van der Waals surface area contributed by atoms with Gasteiger partial charge in [0.25, 0.3) is 0 Å². The fourth-order valence-corrected chi connectivity index (χ4v) is 2.23. The van der Waals surface area contributed by atoms with Gasteiger partial charge in [-0.2, -0.15) is 5.10 Å². The molecule has 2 aromatic rings. The van der Waals surface area contributed by atoms with Crippen molar-refractivity contribution in [1.29, 1.82) is 0 Å². The summed E-state index contributed by atoms with van der Waals surface area (Å²) in [7, 11) is 1.77. The maximum Gasteiger partial charge on any atom is 0.165 e. The quantitative estimate of drug-likeness (QED) is 0.923. The molecule has 108 valence electrons. The predicted molar refractivity (Wildman–Crippen MR) is 74.3 cm³/mol. The van der Waals surface area contributed by atoms with Crippen molar-refractivity contribution in [2.24, 2.45) is 7.05 Å². The minimum atomic E-state index is -0.509. The van der Waals surface area contributed by atoms with Gasteiger partial charge in [0.2, 0.25) is 0 Å². The van der Waals surface area contributed by atoms with Crippen molar-refractivity contribution in [3.63, 3.8) is 0 Å². The SMILES string of the molecule is CCc1nn(C)c(COc2ccc(CO)cc2F)c1Cl. The summed E-state index contributed by atoms with van der Waals surface area (Å²) < 4.78 is 20.8. The van der Waals surface area contributed by atoms with Gasteiger partial charge in [-0.15, -0.1) is 0 Å². The Morgan fingerprint density at radius 2 is 2.20 bits per heavy atom. The molecule has 1 aromatic carbocycles. The van der Waals surface area contributed by atoms with Crippen molar-refractivity contribution in [3.8, 4) is 5.75 Å². The van der Waals surface area contributed by atoms with Crippen LogP contribution in [0.15, 0.2) is 18.2 Å². The zero-order valence-electron chi connectivity index (χ0n) is 11.4. The summed E-state index contributed by atoms with van der Waals surface area (Å²) in [6, 6.07) is 4.35. The molecular weight excluding hydrogens is 283 g/mol. The second kappa shape index (κ2) is 6.24. The number of halogens is 2. The number of aryl methyl sites for hydroxylation is 2. The molecule has 0 aliphatic heterocycles. The third kappa shape index (κ3) is 2.94. The lowest BCUT2D eigenvalue weighted by atomic mass is 10.2. The van der Waals surface area contributed by atoms with E-state index in [0.717, 1.165) is 12.1 Å². The van der Waals surface area contributed by atoms with E-state index in [0.29, 0.717) is 16.3 Å². The van der Waals surface area contributed by atoms with Crippen molar-refractivity contribution in [3.05, 3.63) is 46.0 Å². The Hall–Kier alpha value is -1.59. The van der Waals surface area contributed by atoms with Crippen molar-refractivity contribution < 1.29 is 14.2 Å². The molecule has 2 rings (SSSR count). The smallest absolute Gasteiger partial charge is 0.165 e. The Morgan fingerprint density at radius 1 is 1.45 bits per heavy atom. The lowest BCUT2D eigenvalue weighted by molar-refractivity contribution is 0.273. The van der Waals surface area contributed by atoms with E-state index in [1.54, 1.807) is 17.8 Å². The van der Waals surface area contributed by atoms with Crippen molar-refractivity contribution in [2.45, 2.75) is 26.6 Å². The van der Waals surface area contributed by atoms with Gasteiger partial charge in [-0.3, -0.25) is 4.68 Å². The van der Waals surface area contributed by atoms with E-state index >= 15 is 0 Å². The monoisotopic (exact) mass is 298 g/mol. The number of rotatable bonds is 5. The molecule has 1 aromatic heterocycles. The summed E-state index contributed by atoms with van der Waals surface area (Å²) in [5, 5.41) is 13.8. The Bertz CT molecular complexity index is 613. The Labute approximate surface area is 121 Å². The van der Waals surface area contributed by atoms with Crippen LogP contribution in [0.1, 0.15) is 23.9 Å². The van der Waals surface area contributed by atoms with Crippen LogP contribution in [0.3, 0.4) is 0 Å². The number of hydrogen-bond acceptors (Lipinski definition) is 3. The van der Waals surface area contributed by atoms with Crippen LogP contribution in [0.5, 0.6) is 5.75 Å². The van der Waals surface area contributed by atoms with E-state index < -0.39 is 5.82 Å². The second-order valence-corrected chi connectivity index (χ2v) is 4.77.